The molecule has 0 radical (unpaired) electrons. The summed E-state index contributed by atoms with van der Waals surface area (Å²) < 4.78 is 10.5. The highest BCUT2D eigenvalue weighted by molar-refractivity contribution is 6.32. The fourth-order valence-corrected chi connectivity index (χ4v) is 2.05. The molecule has 1 aliphatic carbocycles. The van der Waals surface area contributed by atoms with Crippen LogP contribution in [0, 0.1) is 5.92 Å². The fourth-order valence-electron chi connectivity index (χ4n) is 1.82. The first-order valence-electron chi connectivity index (χ1n) is 5.90. The Kier molecular flexibility index (Phi) is 4.00. The minimum Gasteiger partial charge on any atom is -0.495 e. The summed E-state index contributed by atoms with van der Waals surface area (Å²) in [7, 11) is 3.26. The van der Waals surface area contributed by atoms with Crippen molar-refractivity contribution in [2.75, 3.05) is 26.1 Å². The largest absolute Gasteiger partial charge is 0.495 e. The molecule has 0 bridgehead atoms. The van der Waals surface area contributed by atoms with E-state index >= 15 is 0 Å². The van der Waals surface area contributed by atoms with Gasteiger partial charge in [0.05, 0.1) is 24.9 Å². The van der Waals surface area contributed by atoms with Crippen molar-refractivity contribution < 1.29 is 9.47 Å². The first-order valence-corrected chi connectivity index (χ1v) is 6.27. The van der Waals surface area contributed by atoms with Crippen molar-refractivity contribution in [3.8, 4) is 11.5 Å². The third kappa shape index (κ3) is 3.19. The van der Waals surface area contributed by atoms with Gasteiger partial charge in [0.15, 0.2) is 0 Å². The second-order valence-electron chi connectivity index (χ2n) is 4.35. The number of rotatable bonds is 6. The highest BCUT2D eigenvalue weighted by Gasteiger charge is 2.20. The van der Waals surface area contributed by atoms with Crippen molar-refractivity contribution in [1.29, 1.82) is 0 Å². The molecule has 0 aliphatic heterocycles. The summed E-state index contributed by atoms with van der Waals surface area (Å²) >= 11 is 6.04. The predicted molar refractivity (Wildman–Crippen MR) is 70.4 cm³/mol. The first-order chi connectivity index (χ1) is 8.24. The Labute approximate surface area is 107 Å². The lowest BCUT2D eigenvalue weighted by molar-refractivity contribution is 0.404. The van der Waals surface area contributed by atoms with Crippen molar-refractivity contribution in [3.63, 3.8) is 0 Å². The normalized spacial score (nSPS) is 14.5. The summed E-state index contributed by atoms with van der Waals surface area (Å²) in [6.45, 7) is 0.964. The average molecular weight is 256 g/mol. The van der Waals surface area contributed by atoms with Gasteiger partial charge in [-0.2, -0.15) is 0 Å². The quantitative estimate of drug-likeness (QED) is 0.843. The maximum atomic E-state index is 6.04. The van der Waals surface area contributed by atoms with Crippen LogP contribution in [0.25, 0.3) is 0 Å². The van der Waals surface area contributed by atoms with E-state index in [1.165, 1.54) is 19.3 Å². The molecule has 0 aromatic heterocycles. The molecule has 0 saturated heterocycles. The van der Waals surface area contributed by atoms with E-state index < -0.39 is 0 Å². The van der Waals surface area contributed by atoms with Crippen LogP contribution in [-0.2, 0) is 0 Å². The van der Waals surface area contributed by atoms with Crippen LogP contribution in [-0.4, -0.2) is 20.8 Å². The zero-order chi connectivity index (χ0) is 12.3. The molecule has 0 amide bonds. The van der Waals surface area contributed by atoms with Gasteiger partial charge < -0.3 is 14.8 Å². The van der Waals surface area contributed by atoms with E-state index in [-0.39, 0.29) is 0 Å². The van der Waals surface area contributed by atoms with Crippen molar-refractivity contribution in [3.05, 3.63) is 17.2 Å². The summed E-state index contributed by atoms with van der Waals surface area (Å²) in [6, 6.07) is 3.66. The molecule has 1 N–H and O–H groups in total. The summed E-state index contributed by atoms with van der Waals surface area (Å²) in [5.41, 5.74) is 0.939. The second-order valence-corrected chi connectivity index (χ2v) is 4.75. The first kappa shape index (κ1) is 12.4. The van der Waals surface area contributed by atoms with Gasteiger partial charge in [0, 0.05) is 18.7 Å². The van der Waals surface area contributed by atoms with Crippen molar-refractivity contribution in [2.24, 2.45) is 5.92 Å². The van der Waals surface area contributed by atoms with E-state index in [0.29, 0.717) is 10.8 Å². The van der Waals surface area contributed by atoms with E-state index in [1.54, 1.807) is 20.3 Å². The molecule has 2 rings (SSSR count). The van der Waals surface area contributed by atoms with Crippen molar-refractivity contribution in [1.82, 2.24) is 0 Å². The Morgan fingerprint density at radius 1 is 1.24 bits per heavy atom. The van der Waals surface area contributed by atoms with Gasteiger partial charge in [0.2, 0.25) is 0 Å². The lowest BCUT2D eigenvalue weighted by atomic mass is 10.2. The number of methoxy groups -OCH3 is 2. The summed E-state index contributed by atoms with van der Waals surface area (Å²) in [5, 5.41) is 3.94. The van der Waals surface area contributed by atoms with E-state index in [9.17, 15) is 0 Å². The second kappa shape index (κ2) is 5.50. The molecule has 1 saturated carbocycles. The molecule has 1 aromatic carbocycles. The summed E-state index contributed by atoms with van der Waals surface area (Å²) in [4.78, 5) is 0. The summed E-state index contributed by atoms with van der Waals surface area (Å²) in [6.07, 6.45) is 3.97. The number of hydrogen-bond donors (Lipinski definition) is 1. The van der Waals surface area contributed by atoms with Crippen LogP contribution < -0.4 is 14.8 Å². The summed E-state index contributed by atoms with van der Waals surface area (Å²) in [5.74, 6) is 2.34. The minimum atomic E-state index is 0.567. The highest BCUT2D eigenvalue weighted by Crippen LogP contribution is 2.36. The molecule has 1 fully saturated rings. The van der Waals surface area contributed by atoms with Crippen LogP contribution >= 0.6 is 11.6 Å². The number of benzene rings is 1. The zero-order valence-electron chi connectivity index (χ0n) is 10.3. The fraction of sp³-hybridized carbons (Fsp3) is 0.538. The van der Waals surface area contributed by atoms with Gasteiger partial charge in [0.25, 0.3) is 0 Å². The monoisotopic (exact) mass is 255 g/mol. The molecule has 94 valence electrons. The van der Waals surface area contributed by atoms with Gasteiger partial charge in [-0.1, -0.05) is 24.4 Å². The lowest BCUT2D eigenvalue weighted by Crippen LogP contribution is -2.04. The number of halogens is 1. The van der Waals surface area contributed by atoms with Gasteiger partial charge in [-0.3, -0.25) is 0 Å². The van der Waals surface area contributed by atoms with Gasteiger partial charge in [0.1, 0.15) is 11.5 Å². The zero-order valence-corrected chi connectivity index (χ0v) is 11.0. The molecule has 1 aromatic rings. The Morgan fingerprint density at radius 3 is 2.53 bits per heavy atom. The van der Waals surface area contributed by atoms with Gasteiger partial charge in [-0.15, -0.1) is 0 Å². The van der Waals surface area contributed by atoms with E-state index in [2.05, 4.69) is 5.32 Å². The van der Waals surface area contributed by atoms with Gasteiger partial charge >= 0.3 is 0 Å². The lowest BCUT2D eigenvalue weighted by Gasteiger charge is -2.13. The molecule has 4 heteroatoms. The number of ether oxygens (including phenoxy) is 2. The highest BCUT2D eigenvalue weighted by atomic mass is 35.5. The van der Waals surface area contributed by atoms with E-state index in [4.69, 9.17) is 21.1 Å². The topological polar surface area (TPSA) is 30.5 Å². The maximum absolute atomic E-state index is 6.04. The SMILES string of the molecule is COc1cc(NCCC2CC2)c(OC)cc1Cl. The smallest absolute Gasteiger partial charge is 0.143 e. The third-order valence-electron chi connectivity index (χ3n) is 3.04. The number of anilines is 1. The molecule has 0 heterocycles. The number of nitrogens with one attached hydrogen (secondary N) is 1. The standard InChI is InChI=1S/C13H18ClNO2/c1-16-12-8-11(13(17-2)7-10(12)14)15-6-5-9-3-4-9/h7-9,15H,3-6H2,1-2H3. The Balaban J connectivity index is 2.05. The molecule has 17 heavy (non-hydrogen) atoms. The van der Waals surface area contributed by atoms with Crippen LogP contribution in [0.4, 0.5) is 5.69 Å². The van der Waals surface area contributed by atoms with E-state index in [1.807, 2.05) is 6.07 Å². The van der Waals surface area contributed by atoms with E-state index in [0.717, 1.165) is 23.9 Å². The number of hydrogen-bond acceptors (Lipinski definition) is 3. The Morgan fingerprint density at radius 2 is 1.94 bits per heavy atom. The Bertz CT molecular complexity index is 391. The molecule has 1 aliphatic rings. The van der Waals surface area contributed by atoms with Crippen LogP contribution in [0.2, 0.25) is 5.02 Å². The van der Waals surface area contributed by atoms with Gasteiger partial charge in [-0.25, -0.2) is 0 Å². The van der Waals surface area contributed by atoms with Crippen molar-refractivity contribution in [2.45, 2.75) is 19.3 Å². The van der Waals surface area contributed by atoms with Crippen LogP contribution in [0.1, 0.15) is 19.3 Å². The average Bonchev–Trinajstić information content (AvgIpc) is 3.14. The molecule has 0 unspecified atom stereocenters. The predicted octanol–water partition coefficient (Wildman–Crippen LogP) is 3.57. The van der Waals surface area contributed by atoms with Crippen LogP contribution in [0.15, 0.2) is 12.1 Å². The Hall–Kier alpha value is -1.09. The molecule has 0 atom stereocenters. The molecular formula is C13H18ClNO2. The minimum absolute atomic E-state index is 0.567. The third-order valence-corrected chi connectivity index (χ3v) is 3.33. The molecule has 3 nitrogen and oxygen atoms in total. The van der Waals surface area contributed by atoms with Crippen LogP contribution in [0.5, 0.6) is 11.5 Å². The molecule has 0 spiro atoms. The molecular weight excluding hydrogens is 238 g/mol. The van der Waals surface area contributed by atoms with Gasteiger partial charge in [-0.05, 0) is 12.3 Å². The maximum Gasteiger partial charge on any atom is 0.143 e. The van der Waals surface area contributed by atoms with Crippen LogP contribution in [0.3, 0.4) is 0 Å². The van der Waals surface area contributed by atoms with Crippen molar-refractivity contribution >= 4 is 17.3 Å².